The molecule has 0 radical (unpaired) electrons. The average molecular weight is 369 g/mol. The molecule has 4 nitrogen and oxygen atoms in total. The summed E-state index contributed by atoms with van der Waals surface area (Å²) in [4.78, 5) is 12.4. The molecule has 1 unspecified atom stereocenters. The van der Waals surface area contributed by atoms with Crippen LogP contribution in [0.15, 0.2) is 65.3 Å². The Bertz CT molecular complexity index is 832. The van der Waals surface area contributed by atoms with Crippen LogP contribution in [0.4, 0.5) is 0 Å². The molecule has 0 fully saturated rings. The second-order valence-corrected chi connectivity index (χ2v) is 7.05. The van der Waals surface area contributed by atoms with Crippen molar-refractivity contribution in [2.75, 3.05) is 12.3 Å². The highest BCUT2D eigenvalue weighted by Crippen LogP contribution is 2.22. The van der Waals surface area contributed by atoms with E-state index in [9.17, 15) is 4.79 Å². The van der Waals surface area contributed by atoms with E-state index < -0.39 is 6.10 Å². The Morgan fingerprint density at radius 1 is 1.15 bits per heavy atom. The maximum atomic E-state index is 12.4. The molecule has 3 aromatic rings. The summed E-state index contributed by atoms with van der Waals surface area (Å²) in [5.74, 6) is 3.25. The first-order chi connectivity index (χ1) is 12.8. The zero-order valence-electron chi connectivity index (χ0n) is 14.8. The van der Waals surface area contributed by atoms with Crippen molar-refractivity contribution in [1.82, 2.24) is 5.32 Å². The number of hydrogen-bond acceptors (Lipinski definition) is 4. The van der Waals surface area contributed by atoms with Crippen molar-refractivity contribution >= 4 is 28.4 Å². The molecule has 0 aliphatic rings. The molecule has 2 aromatic carbocycles. The van der Waals surface area contributed by atoms with Gasteiger partial charge in [0.1, 0.15) is 11.5 Å². The van der Waals surface area contributed by atoms with Crippen LogP contribution < -0.4 is 10.1 Å². The highest BCUT2D eigenvalue weighted by Gasteiger charge is 2.18. The summed E-state index contributed by atoms with van der Waals surface area (Å²) in [5.41, 5.74) is 0. The lowest BCUT2D eigenvalue weighted by Gasteiger charge is -2.17. The molecule has 0 saturated heterocycles. The first-order valence-corrected chi connectivity index (χ1v) is 9.95. The SMILES string of the molecule is CCC(Oc1ccc2ccccc2c1)C(=O)NCCSCc1ccco1. The number of carbonyl (C=O) groups is 1. The van der Waals surface area contributed by atoms with Gasteiger partial charge in [0.15, 0.2) is 6.10 Å². The minimum atomic E-state index is -0.480. The minimum Gasteiger partial charge on any atom is -0.481 e. The summed E-state index contributed by atoms with van der Waals surface area (Å²) in [5, 5.41) is 5.22. The Morgan fingerprint density at radius 3 is 2.77 bits per heavy atom. The van der Waals surface area contributed by atoms with Crippen molar-refractivity contribution in [1.29, 1.82) is 0 Å². The van der Waals surface area contributed by atoms with Crippen molar-refractivity contribution in [2.24, 2.45) is 0 Å². The van der Waals surface area contributed by atoms with Gasteiger partial charge in [0.05, 0.1) is 12.0 Å². The summed E-state index contributed by atoms with van der Waals surface area (Å²) in [6.07, 6.45) is 1.82. The van der Waals surface area contributed by atoms with E-state index in [4.69, 9.17) is 9.15 Å². The fraction of sp³-hybridized carbons (Fsp3) is 0.286. The molecule has 1 aromatic heterocycles. The number of amides is 1. The smallest absolute Gasteiger partial charge is 0.261 e. The first-order valence-electron chi connectivity index (χ1n) is 8.79. The van der Waals surface area contributed by atoms with Gasteiger partial charge in [0.25, 0.3) is 5.91 Å². The van der Waals surface area contributed by atoms with Gasteiger partial charge in [-0.3, -0.25) is 4.79 Å². The van der Waals surface area contributed by atoms with Crippen LogP contribution in [0.25, 0.3) is 10.8 Å². The number of hydrogen-bond donors (Lipinski definition) is 1. The Labute approximate surface area is 157 Å². The van der Waals surface area contributed by atoms with Crippen LogP contribution >= 0.6 is 11.8 Å². The van der Waals surface area contributed by atoms with E-state index in [0.29, 0.717) is 13.0 Å². The lowest BCUT2D eigenvalue weighted by molar-refractivity contribution is -0.127. The van der Waals surface area contributed by atoms with Gasteiger partial charge in [-0.2, -0.15) is 11.8 Å². The van der Waals surface area contributed by atoms with Gasteiger partial charge in [-0.15, -0.1) is 0 Å². The molecule has 0 spiro atoms. The third kappa shape index (κ3) is 5.05. The number of nitrogens with one attached hydrogen (secondary N) is 1. The molecular weight excluding hydrogens is 346 g/mol. The van der Waals surface area contributed by atoms with Gasteiger partial charge in [-0.1, -0.05) is 37.3 Å². The zero-order valence-corrected chi connectivity index (χ0v) is 15.6. The predicted molar refractivity (Wildman–Crippen MR) is 107 cm³/mol. The van der Waals surface area contributed by atoms with E-state index in [2.05, 4.69) is 11.4 Å². The van der Waals surface area contributed by atoms with E-state index >= 15 is 0 Å². The maximum Gasteiger partial charge on any atom is 0.261 e. The molecule has 0 aliphatic heterocycles. The molecule has 0 aliphatic carbocycles. The summed E-state index contributed by atoms with van der Waals surface area (Å²) in [7, 11) is 0. The number of carbonyl (C=O) groups excluding carboxylic acids is 1. The van der Waals surface area contributed by atoms with Crippen molar-refractivity contribution < 1.29 is 13.9 Å². The van der Waals surface area contributed by atoms with Crippen LogP contribution in [0.2, 0.25) is 0 Å². The van der Waals surface area contributed by atoms with Crippen LogP contribution in [0.1, 0.15) is 19.1 Å². The summed E-state index contributed by atoms with van der Waals surface area (Å²) >= 11 is 1.73. The fourth-order valence-electron chi connectivity index (χ4n) is 2.65. The summed E-state index contributed by atoms with van der Waals surface area (Å²) in [6.45, 7) is 2.57. The standard InChI is InChI=1S/C21H23NO3S/c1-2-20(21(23)22-11-13-26-15-19-8-5-12-24-19)25-18-10-9-16-6-3-4-7-17(16)14-18/h3-10,12,14,20H,2,11,13,15H2,1H3,(H,22,23). The zero-order chi connectivity index (χ0) is 18.2. The fourth-order valence-corrected chi connectivity index (χ4v) is 3.41. The molecule has 1 atom stereocenters. The van der Waals surface area contributed by atoms with Gasteiger partial charge in [0.2, 0.25) is 0 Å². The van der Waals surface area contributed by atoms with Crippen molar-refractivity contribution in [3.63, 3.8) is 0 Å². The van der Waals surface area contributed by atoms with E-state index in [-0.39, 0.29) is 5.91 Å². The molecule has 0 bridgehead atoms. The Hall–Kier alpha value is -2.40. The maximum absolute atomic E-state index is 12.4. The van der Waals surface area contributed by atoms with E-state index in [1.165, 1.54) is 0 Å². The molecular formula is C21H23NO3S. The second-order valence-electron chi connectivity index (χ2n) is 5.95. The molecule has 3 rings (SSSR count). The quantitative estimate of drug-likeness (QED) is 0.558. The molecule has 5 heteroatoms. The highest BCUT2D eigenvalue weighted by molar-refractivity contribution is 7.98. The van der Waals surface area contributed by atoms with Crippen LogP contribution in [0.5, 0.6) is 5.75 Å². The number of rotatable bonds is 9. The normalized spacial score (nSPS) is 12.0. The second kappa shape index (κ2) is 9.34. The van der Waals surface area contributed by atoms with Crippen molar-refractivity contribution in [2.45, 2.75) is 25.2 Å². The van der Waals surface area contributed by atoms with Crippen molar-refractivity contribution in [3.8, 4) is 5.75 Å². The lowest BCUT2D eigenvalue weighted by atomic mass is 10.1. The third-order valence-electron chi connectivity index (χ3n) is 4.03. The molecule has 1 N–H and O–H groups in total. The van der Waals surface area contributed by atoms with Crippen LogP contribution in [-0.4, -0.2) is 24.3 Å². The average Bonchev–Trinajstić information content (AvgIpc) is 3.19. The molecule has 136 valence electrons. The number of ether oxygens (including phenoxy) is 1. The van der Waals surface area contributed by atoms with Gasteiger partial charge >= 0.3 is 0 Å². The monoisotopic (exact) mass is 369 g/mol. The number of thioether (sulfide) groups is 1. The predicted octanol–water partition coefficient (Wildman–Crippen LogP) is 4.64. The molecule has 26 heavy (non-hydrogen) atoms. The van der Waals surface area contributed by atoms with Crippen molar-refractivity contribution in [3.05, 3.63) is 66.6 Å². The number of benzene rings is 2. The van der Waals surface area contributed by atoms with Gasteiger partial charge in [0, 0.05) is 12.3 Å². The summed E-state index contributed by atoms with van der Waals surface area (Å²) < 4.78 is 11.2. The molecule has 0 saturated carbocycles. The molecule has 1 amide bonds. The first kappa shape index (κ1) is 18.4. The number of furan rings is 1. The Balaban J connectivity index is 1.46. The van der Waals surface area contributed by atoms with Crippen LogP contribution in [0, 0.1) is 0 Å². The lowest BCUT2D eigenvalue weighted by Crippen LogP contribution is -2.39. The van der Waals surface area contributed by atoms with Crippen LogP contribution in [0.3, 0.4) is 0 Å². The van der Waals surface area contributed by atoms with E-state index in [1.807, 2.05) is 55.5 Å². The van der Waals surface area contributed by atoms with E-state index in [0.717, 1.165) is 33.8 Å². The Kier molecular flexibility index (Phi) is 6.61. The molecule has 1 heterocycles. The summed E-state index contributed by atoms with van der Waals surface area (Å²) in [6, 6.07) is 17.8. The topological polar surface area (TPSA) is 51.5 Å². The number of fused-ring (bicyclic) bond motifs is 1. The van der Waals surface area contributed by atoms with Gasteiger partial charge < -0.3 is 14.5 Å². The van der Waals surface area contributed by atoms with Gasteiger partial charge in [-0.25, -0.2) is 0 Å². The minimum absolute atomic E-state index is 0.0701. The van der Waals surface area contributed by atoms with Gasteiger partial charge in [-0.05, 0) is 41.5 Å². The highest BCUT2D eigenvalue weighted by atomic mass is 32.2. The van der Waals surface area contributed by atoms with E-state index in [1.54, 1.807) is 18.0 Å². The largest absolute Gasteiger partial charge is 0.481 e. The van der Waals surface area contributed by atoms with Crippen LogP contribution in [-0.2, 0) is 10.5 Å². The third-order valence-corrected chi connectivity index (χ3v) is 5.01. The Morgan fingerprint density at radius 2 is 2.00 bits per heavy atom.